The topological polar surface area (TPSA) is 134 Å². The lowest BCUT2D eigenvalue weighted by Crippen LogP contribution is -2.46. The summed E-state index contributed by atoms with van der Waals surface area (Å²) < 4.78 is 1.59. The van der Waals surface area contributed by atoms with Gasteiger partial charge in [0.15, 0.2) is 0 Å². The van der Waals surface area contributed by atoms with Crippen molar-refractivity contribution in [2.75, 3.05) is 17.2 Å². The number of fused-ring (bicyclic) bond motifs is 2. The van der Waals surface area contributed by atoms with E-state index in [1.807, 2.05) is 30.3 Å². The summed E-state index contributed by atoms with van der Waals surface area (Å²) in [6.45, 7) is 7.01. The van der Waals surface area contributed by atoms with Gasteiger partial charge in [-0.2, -0.15) is 10.5 Å². The molecule has 3 aliphatic rings. The Morgan fingerprint density at radius 2 is 1.87 bits per heavy atom. The molecule has 0 saturated heterocycles. The molecule has 1 atom stereocenters. The van der Waals surface area contributed by atoms with Crippen LogP contribution >= 0.6 is 0 Å². The zero-order valence-corrected chi connectivity index (χ0v) is 26.0. The van der Waals surface area contributed by atoms with Gasteiger partial charge < -0.3 is 20.6 Å². The van der Waals surface area contributed by atoms with E-state index in [0.29, 0.717) is 51.3 Å². The van der Waals surface area contributed by atoms with Crippen LogP contribution < -0.4 is 27.2 Å². The van der Waals surface area contributed by atoms with Gasteiger partial charge in [-0.3, -0.25) is 14.8 Å². The van der Waals surface area contributed by atoms with Gasteiger partial charge in [0, 0.05) is 48.6 Å². The average molecular weight is 600 g/mol. The summed E-state index contributed by atoms with van der Waals surface area (Å²) in [7, 11) is 1.76. The van der Waals surface area contributed by atoms with Gasteiger partial charge in [-0.15, -0.1) is 5.53 Å². The maximum absolute atomic E-state index is 13.1. The Morgan fingerprint density at radius 1 is 1.09 bits per heavy atom. The van der Waals surface area contributed by atoms with E-state index in [-0.39, 0.29) is 16.5 Å². The molecule has 0 unspecified atom stereocenters. The molecule has 2 aromatic carbocycles. The summed E-state index contributed by atoms with van der Waals surface area (Å²) in [6, 6.07) is 15.7. The summed E-state index contributed by atoms with van der Waals surface area (Å²) in [5.41, 5.74) is 11.5. The number of benzene rings is 2. The van der Waals surface area contributed by atoms with Crippen LogP contribution in [0, 0.1) is 34.0 Å². The highest BCUT2D eigenvalue weighted by atomic mass is 16.1. The van der Waals surface area contributed by atoms with Crippen molar-refractivity contribution >= 4 is 33.1 Å². The van der Waals surface area contributed by atoms with Crippen LogP contribution in [0.15, 0.2) is 65.5 Å². The number of aryl methyl sites for hydroxylation is 1. The molecule has 10 nitrogen and oxygen atoms in total. The van der Waals surface area contributed by atoms with Crippen LogP contribution in [-0.2, 0) is 7.05 Å². The number of hydrogen-bond donors (Lipinski definition) is 4. The molecule has 10 heteroatoms. The molecule has 228 valence electrons. The molecule has 0 amide bonds. The molecule has 0 spiro atoms. The number of nitrogens with one attached hydrogen (secondary N) is 4. The maximum Gasteiger partial charge on any atom is 0.258 e. The first-order chi connectivity index (χ1) is 21.6. The van der Waals surface area contributed by atoms with Crippen LogP contribution in [0.4, 0.5) is 11.4 Å². The second kappa shape index (κ2) is 10.5. The van der Waals surface area contributed by atoms with Crippen LogP contribution in [0.3, 0.4) is 0 Å². The molecular formula is C35H37N9O. The minimum Gasteiger partial charge on any atom is -0.383 e. The summed E-state index contributed by atoms with van der Waals surface area (Å²) in [5.74, 6) is 0.703. The Kier molecular flexibility index (Phi) is 6.72. The van der Waals surface area contributed by atoms with E-state index in [0.717, 1.165) is 29.5 Å². The first-order valence-corrected chi connectivity index (χ1v) is 15.5. The lowest BCUT2D eigenvalue weighted by molar-refractivity contribution is 0.156. The zero-order chi connectivity index (χ0) is 31.5. The Labute approximate surface area is 262 Å². The highest BCUT2D eigenvalue weighted by Crippen LogP contribution is 2.57. The highest BCUT2D eigenvalue weighted by Gasteiger charge is 2.58. The molecule has 1 aliphatic heterocycles. The molecule has 0 radical (unpaired) electrons. The number of nitrogens with zero attached hydrogens (tertiary/aromatic N) is 5. The van der Waals surface area contributed by atoms with Gasteiger partial charge in [0.1, 0.15) is 12.1 Å². The maximum atomic E-state index is 13.1. The molecule has 45 heavy (non-hydrogen) atoms. The van der Waals surface area contributed by atoms with Crippen LogP contribution in [0.1, 0.15) is 69.2 Å². The summed E-state index contributed by atoms with van der Waals surface area (Å²) in [4.78, 5) is 17.7. The van der Waals surface area contributed by atoms with Gasteiger partial charge in [-0.25, -0.2) is 0 Å². The number of aromatic nitrogens is 2. The molecule has 2 fully saturated rings. The van der Waals surface area contributed by atoms with Crippen molar-refractivity contribution in [3.05, 3.63) is 87.7 Å². The van der Waals surface area contributed by atoms with E-state index in [9.17, 15) is 15.3 Å². The van der Waals surface area contributed by atoms with E-state index in [2.05, 4.69) is 70.7 Å². The number of rotatable bonds is 8. The molecule has 2 aromatic heterocycles. The van der Waals surface area contributed by atoms with Crippen molar-refractivity contribution in [2.45, 2.75) is 58.0 Å². The van der Waals surface area contributed by atoms with Gasteiger partial charge in [-0.1, -0.05) is 32.9 Å². The number of hydrazine groups is 2. The van der Waals surface area contributed by atoms with E-state index < -0.39 is 6.04 Å². The molecule has 4 N–H and O–H groups in total. The largest absolute Gasteiger partial charge is 0.383 e. The number of pyridine rings is 2. The Balaban J connectivity index is 1.37. The van der Waals surface area contributed by atoms with Gasteiger partial charge in [0.25, 0.3) is 5.56 Å². The number of anilines is 2. The third-order valence-corrected chi connectivity index (χ3v) is 9.26. The smallest absolute Gasteiger partial charge is 0.258 e. The predicted octanol–water partition coefficient (Wildman–Crippen LogP) is 5.55. The number of hydrogen-bond acceptors (Lipinski definition) is 9. The fraction of sp³-hybridized carbons (Fsp3) is 0.371. The fourth-order valence-electron chi connectivity index (χ4n) is 6.55. The number of nitriles is 2. The Morgan fingerprint density at radius 3 is 2.56 bits per heavy atom. The first-order valence-electron chi connectivity index (χ1n) is 15.5. The van der Waals surface area contributed by atoms with Gasteiger partial charge >= 0.3 is 0 Å². The van der Waals surface area contributed by atoms with Crippen LogP contribution in [0.2, 0.25) is 0 Å². The monoisotopic (exact) mass is 599 g/mol. The minimum absolute atomic E-state index is 0.0361. The molecule has 3 heterocycles. The quantitative estimate of drug-likeness (QED) is 0.206. The Bertz CT molecular complexity index is 2020. The summed E-state index contributed by atoms with van der Waals surface area (Å²) >= 11 is 0. The van der Waals surface area contributed by atoms with Crippen molar-refractivity contribution in [3.8, 4) is 12.1 Å². The van der Waals surface area contributed by atoms with Crippen LogP contribution in [0.5, 0.6) is 0 Å². The lowest BCUT2D eigenvalue weighted by atomic mass is 9.96. The molecule has 2 aliphatic carbocycles. The van der Waals surface area contributed by atoms with Gasteiger partial charge in [0.05, 0.1) is 39.6 Å². The van der Waals surface area contributed by atoms with E-state index >= 15 is 0 Å². The third kappa shape index (κ3) is 5.11. The molecule has 2 saturated carbocycles. The average Bonchev–Trinajstić information content (AvgIpc) is 3.97. The van der Waals surface area contributed by atoms with Crippen LogP contribution in [0.25, 0.3) is 21.7 Å². The van der Waals surface area contributed by atoms with Crippen LogP contribution in [-0.4, -0.2) is 26.6 Å². The third-order valence-electron chi connectivity index (χ3n) is 9.26. The van der Waals surface area contributed by atoms with Crippen molar-refractivity contribution in [2.24, 2.45) is 18.4 Å². The second-order valence-electron chi connectivity index (χ2n) is 13.8. The van der Waals surface area contributed by atoms with E-state index in [1.54, 1.807) is 23.9 Å². The molecule has 7 rings (SSSR count). The summed E-state index contributed by atoms with van der Waals surface area (Å²) in [6.07, 6.45) is 10.3. The van der Waals surface area contributed by atoms with Crippen molar-refractivity contribution in [1.82, 2.24) is 25.5 Å². The normalized spacial score (nSPS) is 17.7. The predicted molar refractivity (Wildman–Crippen MR) is 176 cm³/mol. The molecule has 4 aromatic rings. The molecule has 0 bridgehead atoms. The van der Waals surface area contributed by atoms with Crippen molar-refractivity contribution in [1.29, 1.82) is 10.5 Å². The second-order valence-corrected chi connectivity index (χ2v) is 13.8. The standard InChI is InChI=1S/C35H37N9O/c1-34(2,3)20-39-31-22(17-37)18-38-30-21(16-36)14-24(15-28(30)31)40-32(26-6-5-7-27-25(26)10-13-43(4)33(27)45)29-19-44(42-41-29)35(11-12-35)23-8-9-23/h5-7,10,13-15,18-19,23,32,40-42H,8-9,11-12,20H2,1-4H3,(H,38,39)/t32-/m0/s1. The zero-order valence-electron chi connectivity index (χ0n) is 26.0. The van der Waals surface area contributed by atoms with Crippen molar-refractivity contribution < 1.29 is 0 Å². The van der Waals surface area contributed by atoms with E-state index in [4.69, 9.17) is 0 Å². The molecular weight excluding hydrogens is 562 g/mol. The van der Waals surface area contributed by atoms with Crippen molar-refractivity contribution in [3.63, 3.8) is 0 Å². The fourth-order valence-corrected chi connectivity index (χ4v) is 6.55. The highest BCUT2D eigenvalue weighted by molar-refractivity contribution is 5.99. The minimum atomic E-state index is -0.393. The van der Waals surface area contributed by atoms with Gasteiger partial charge in [-0.05, 0) is 72.2 Å². The van der Waals surface area contributed by atoms with Gasteiger partial charge in [0.2, 0.25) is 0 Å². The van der Waals surface area contributed by atoms with E-state index in [1.165, 1.54) is 19.0 Å². The SMILES string of the molecule is Cn1ccc2c([C@H](Nc3cc(C#N)c4ncc(C#N)c(NCC(C)(C)C)c4c3)C3=CN(C4(C5CC5)CC4)NN3)cccc2c1=O. The first kappa shape index (κ1) is 28.7. The Hall–Kier alpha value is -5.06. The summed E-state index contributed by atoms with van der Waals surface area (Å²) in [5, 5.41) is 31.8. The lowest BCUT2D eigenvalue weighted by Gasteiger charge is -2.26.